The Labute approximate surface area is 95.8 Å². The van der Waals surface area contributed by atoms with Crippen LogP contribution in [0, 0.1) is 0 Å². The third kappa shape index (κ3) is 2.46. The molecule has 1 aliphatic rings. The summed E-state index contributed by atoms with van der Waals surface area (Å²) in [5.74, 6) is 0. The van der Waals surface area contributed by atoms with E-state index in [1.807, 2.05) is 0 Å². The second-order valence-corrected chi connectivity index (χ2v) is 5.91. The van der Waals surface area contributed by atoms with Gasteiger partial charge in [-0.15, -0.1) is 11.3 Å². The van der Waals surface area contributed by atoms with E-state index in [2.05, 4.69) is 26.9 Å². The van der Waals surface area contributed by atoms with E-state index < -0.39 is 0 Å². The highest BCUT2D eigenvalue weighted by molar-refractivity contribution is 9.10. The zero-order valence-corrected chi connectivity index (χ0v) is 10.4. The van der Waals surface area contributed by atoms with Crippen LogP contribution in [0.25, 0.3) is 0 Å². The van der Waals surface area contributed by atoms with Crippen LogP contribution in [-0.2, 0) is 6.54 Å². The Morgan fingerprint density at radius 2 is 2.15 bits per heavy atom. The van der Waals surface area contributed by atoms with Gasteiger partial charge in [0.25, 0.3) is 0 Å². The van der Waals surface area contributed by atoms with Gasteiger partial charge in [-0.1, -0.05) is 11.6 Å². The van der Waals surface area contributed by atoms with Gasteiger partial charge in [0, 0.05) is 15.9 Å². The van der Waals surface area contributed by atoms with Crippen molar-refractivity contribution in [3.8, 4) is 0 Å². The molecule has 0 bridgehead atoms. The molecule has 0 aromatic carbocycles. The first kappa shape index (κ1) is 9.97. The van der Waals surface area contributed by atoms with E-state index in [-0.39, 0.29) is 0 Å². The van der Waals surface area contributed by atoms with Crippen molar-refractivity contribution in [1.29, 1.82) is 0 Å². The summed E-state index contributed by atoms with van der Waals surface area (Å²) in [6.07, 6.45) is 2.69. The highest BCUT2D eigenvalue weighted by atomic mass is 79.9. The van der Waals surface area contributed by atoms with Crippen LogP contribution in [0.3, 0.4) is 0 Å². The first-order valence-corrected chi connectivity index (χ1v) is 6.40. The minimum Gasteiger partial charge on any atom is -0.298 e. The Balaban J connectivity index is 2.00. The number of rotatable bonds is 2. The molecule has 0 atom stereocenters. The van der Waals surface area contributed by atoms with Crippen LogP contribution < -0.4 is 0 Å². The van der Waals surface area contributed by atoms with Crippen LogP contribution in [0.5, 0.6) is 0 Å². The van der Waals surface area contributed by atoms with E-state index in [4.69, 9.17) is 11.6 Å². The standard InChI is InChI=1S/C9H11BrClNS/c10-8-5-7(13-9(8)11)6-12-3-1-2-4-12/h5H,1-4,6H2. The lowest BCUT2D eigenvalue weighted by molar-refractivity contribution is 0.334. The Bertz CT molecular complexity index is 274. The fourth-order valence-corrected chi connectivity index (χ4v) is 3.46. The fraction of sp³-hybridized carbons (Fsp3) is 0.556. The van der Waals surface area contributed by atoms with Crippen molar-refractivity contribution in [2.24, 2.45) is 0 Å². The van der Waals surface area contributed by atoms with Gasteiger partial charge >= 0.3 is 0 Å². The summed E-state index contributed by atoms with van der Waals surface area (Å²) >= 11 is 11.1. The van der Waals surface area contributed by atoms with Gasteiger partial charge in [0.15, 0.2) is 0 Å². The lowest BCUT2D eigenvalue weighted by Gasteiger charge is -2.12. The van der Waals surface area contributed by atoms with E-state index in [0.29, 0.717) is 0 Å². The van der Waals surface area contributed by atoms with Gasteiger partial charge in [0.2, 0.25) is 0 Å². The van der Waals surface area contributed by atoms with Crippen molar-refractivity contribution >= 4 is 38.9 Å². The summed E-state index contributed by atoms with van der Waals surface area (Å²) in [5.41, 5.74) is 0. The molecule has 1 aromatic heterocycles. The summed E-state index contributed by atoms with van der Waals surface area (Å²) in [4.78, 5) is 3.84. The number of nitrogens with zero attached hydrogens (tertiary/aromatic N) is 1. The average Bonchev–Trinajstić information content (AvgIpc) is 2.64. The van der Waals surface area contributed by atoms with Crippen molar-refractivity contribution in [2.45, 2.75) is 19.4 Å². The predicted octanol–water partition coefficient (Wildman–Crippen LogP) is 3.76. The van der Waals surface area contributed by atoms with Crippen LogP contribution in [0.1, 0.15) is 17.7 Å². The minimum atomic E-state index is 0.870. The smallest absolute Gasteiger partial charge is 0.107 e. The Morgan fingerprint density at radius 1 is 1.46 bits per heavy atom. The molecule has 13 heavy (non-hydrogen) atoms. The molecule has 0 aliphatic carbocycles. The molecule has 1 aliphatic heterocycles. The quantitative estimate of drug-likeness (QED) is 0.797. The van der Waals surface area contributed by atoms with E-state index in [0.717, 1.165) is 15.4 Å². The fourth-order valence-electron chi connectivity index (χ4n) is 1.63. The highest BCUT2D eigenvalue weighted by Gasteiger charge is 2.13. The maximum atomic E-state index is 5.97. The third-order valence-corrected chi connectivity index (χ3v) is 4.73. The average molecular weight is 281 g/mol. The van der Waals surface area contributed by atoms with Gasteiger partial charge in [-0.2, -0.15) is 0 Å². The Hall–Kier alpha value is 0.430. The zero-order valence-electron chi connectivity index (χ0n) is 7.22. The van der Waals surface area contributed by atoms with E-state index in [1.54, 1.807) is 11.3 Å². The predicted molar refractivity (Wildman–Crippen MR) is 61.5 cm³/mol. The van der Waals surface area contributed by atoms with Crippen molar-refractivity contribution in [3.63, 3.8) is 0 Å². The lowest BCUT2D eigenvalue weighted by Crippen LogP contribution is -2.17. The van der Waals surface area contributed by atoms with Gasteiger partial charge in [-0.25, -0.2) is 0 Å². The van der Waals surface area contributed by atoms with Gasteiger partial charge in [0.1, 0.15) is 4.34 Å². The number of hydrogen-bond acceptors (Lipinski definition) is 2. The molecule has 0 N–H and O–H groups in total. The molecule has 2 heterocycles. The van der Waals surface area contributed by atoms with E-state index >= 15 is 0 Å². The molecule has 0 saturated carbocycles. The topological polar surface area (TPSA) is 3.24 Å². The van der Waals surface area contributed by atoms with Crippen LogP contribution in [-0.4, -0.2) is 18.0 Å². The Kier molecular flexibility index (Phi) is 3.30. The molecule has 1 nitrogen and oxygen atoms in total. The van der Waals surface area contributed by atoms with Crippen LogP contribution >= 0.6 is 38.9 Å². The number of thiophene rings is 1. The molecule has 1 saturated heterocycles. The molecular formula is C9H11BrClNS. The van der Waals surface area contributed by atoms with Crippen molar-refractivity contribution in [2.75, 3.05) is 13.1 Å². The SMILES string of the molecule is Clc1sc(CN2CCCC2)cc1Br. The van der Waals surface area contributed by atoms with E-state index in [9.17, 15) is 0 Å². The maximum Gasteiger partial charge on any atom is 0.107 e. The summed E-state index contributed by atoms with van der Waals surface area (Å²) in [7, 11) is 0. The van der Waals surface area contributed by atoms with Crippen LogP contribution in [0.2, 0.25) is 4.34 Å². The van der Waals surface area contributed by atoms with Gasteiger partial charge in [-0.05, 0) is 47.9 Å². The number of halogens is 2. The second kappa shape index (κ2) is 4.30. The second-order valence-electron chi connectivity index (χ2n) is 3.32. The van der Waals surface area contributed by atoms with Crippen molar-refractivity contribution in [1.82, 2.24) is 4.90 Å². The lowest BCUT2D eigenvalue weighted by atomic mass is 10.4. The molecule has 0 radical (unpaired) electrons. The van der Waals surface area contributed by atoms with Crippen molar-refractivity contribution in [3.05, 3.63) is 19.8 Å². The molecule has 0 unspecified atom stereocenters. The maximum absolute atomic E-state index is 5.97. The molecule has 4 heteroatoms. The summed E-state index contributed by atoms with van der Waals surface area (Å²) in [5, 5.41) is 0. The molecule has 2 rings (SSSR count). The number of hydrogen-bond donors (Lipinski definition) is 0. The molecule has 0 spiro atoms. The third-order valence-electron chi connectivity index (χ3n) is 2.27. The molecule has 1 aromatic rings. The molecule has 0 amide bonds. The normalized spacial score (nSPS) is 18.3. The summed E-state index contributed by atoms with van der Waals surface area (Å²) in [6, 6.07) is 2.13. The zero-order chi connectivity index (χ0) is 9.26. The largest absolute Gasteiger partial charge is 0.298 e. The van der Waals surface area contributed by atoms with Crippen molar-refractivity contribution < 1.29 is 0 Å². The van der Waals surface area contributed by atoms with Gasteiger partial charge in [-0.3, -0.25) is 4.90 Å². The van der Waals surface area contributed by atoms with Crippen LogP contribution in [0.15, 0.2) is 10.5 Å². The van der Waals surface area contributed by atoms with E-state index in [1.165, 1.54) is 30.8 Å². The first-order chi connectivity index (χ1) is 6.25. The summed E-state index contributed by atoms with van der Waals surface area (Å²) in [6.45, 7) is 3.55. The number of likely N-dealkylation sites (tertiary alicyclic amines) is 1. The first-order valence-electron chi connectivity index (χ1n) is 4.42. The summed E-state index contributed by atoms with van der Waals surface area (Å²) < 4.78 is 1.91. The van der Waals surface area contributed by atoms with Gasteiger partial charge in [0.05, 0.1) is 0 Å². The molecule has 1 fully saturated rings. The molecular weight excluding hydrogens is 270 g/mol. The monoisotopic (exact) mass is 279 g/mol. The molecule has 72 valence electrons. The Morgan fingerprint density at radius 3 is 2.69 bits per heavy atom. The highest BCUT2D eigenvalue weighted by Crippen LogP contribution is 2.32. The van der Waals surface area contributed by atoms with Gasteiger partial charge < -0.3 is 0 Å². The minimum absolute atomic E-state index is 0.870. The van der Waals surface area contributed by atoms with Crippen LogP contribution in [0.4, 0.5) is 0 Å².